The lowest BCUT2D eigenvalue weighted by Gasteiger charge is -2.20. The van der Waals surface area contributed by atoms with Crippen molar-refractivity contribution < 1.29 is 17.7 Å². The highest BCUT2D eigenvalue weighted by molar-refractivity contribution is 7.89. The van der Waals surface area contributed by atoms with E-state index < -0.39 is 36.9 Å². The van der Waals surface area contributed by atoms with Gasteiger partial charge in [-0.25, -0.2) is 13.1 Å². The van der Waals surface area contributed by atoms with Gasteiger partial charge in [-0.2, -0.15) is 4.39 Å². The minimum absolute atomic E-state index is 0.678. The average Bonchev–Trinajstić information content (AvgIpc) is 2.12. The van der Waals surface area contributed by atoms with E-state index in [-0.39, 0.29) is 0 Å². The Kier molecular flexibility index (Phi) is 3.72. The molecule has 100 valence electrons. The molecular formula is C10H13FN2O4S. The summed E-state index contributed by atoms with van der Waals surface area (Å²) < 4.78 is 39.5. The van der Waals surface area contributed by atoms with Crippen LogP contribution in [-0.4, -0.2) is 18.9 Å². The van der Waals surface area contributed by atoms with Crippen LogP contribution in [0.3, 0.4) is 0 Å². The summed E-state index contributed by atoms with van der Waals surface area (Å²) in [5, 5.41) is 10.7. The average molecular weight is 276 g/mol. The van der Waals surface area contributed by atoms with E-state index in [1.165, 1.54) is 0 Å². The Labute approximate surface area is 104 Å². The molecule has 0 unspecified atom stereocenters. The lowest BCUT2D eigenvalue weighted by Crippen LogP contribution is -2.40. The van der Waals surface area contributed by atoms with Crippen LogP contribution in [0.25, 0.3) is 0 Å². The van der Waals surface area contributed by atoms with Crippen molar-refractivity contribution in [3.8, 4) is 0 Å². The summed E-state index contributed by atoms with van der Waals surface area (Å²) >= 11 is 0. The molecule has 18 heavy (non-hydrogen) atoms. The minimum Gasteiger partial charge on any atom is -0.258 e. The van der Waals surface area contributed by atoms with Gasteiger partial charge < -0.3 is 0 Å². The standard InChI is InChI=1S/C10H13FN2O4S/c1-10(2,3)12-18(16,17)8-6-4-5-7(11)9(8)13(14)15/h4-6,12H,1-3H3. The van der Waals surface area contributed by atoms with Crippen LogP contribution >= 0.6 is 0 Å². The Bertz CT molecular complexity index is 578. The molecule has 0 spiro atoms. The number of benzene rings is 1. The molecule has 0 aliphatic heterocycles. The molecule has 1 N–H and O–H groups in total. The van der Waals surface area contributed by atoms with Gasteiger partial charge in [0.25, 0.3) is 0 Å². The molecule has 0 aliphatic carbocycles. The number of halogens is 1. The van der Waals surface area contributed by atoms with Gasteiger partial charge in [0.2, 0.25) is 15.8 Å². The van der Waals surface area contributed by atoms with Crippen LogP contribution < -0.4 is 4.72 Å². The van der Waals surface area contributed by atoms with Crippen molar-refractivity contribution in [1.29, 1.82) is 0 Å². The fourth-order valence-corrected chi connectivity index (χ4v) is 2.95. The molecule has 0 amide bonds. The molecule has 0 saturated carbocycles. The van der Waals surface area contributed by atoms with Gasteiger partial charge in [-0.05, 0) is 32.9 Å². The van der Waals surface area contributed by atoms with Crippen molar-refractivity contribution in [3.05, 3.63) is 34.1 Å². The third kappa shape index (κ3) is 3.23. The first-order valence-electron chi connectivity index (χ1n) is 5.01. The van der Waals surface area contributed by atoms with Gasteiger partial charge in [-0.15, -0.1) is 0 Å². The zero-order valence-corrected chi connectivity index (χ0v) is 10.9. The van der Waals surface area contributed by atoms with Crippen molar-refractivity contribution in [1.82, 2.24) is 4.72 Å². The van der Waals surface area contributed by atoms with Crippen LogP contribution in [0.2, 0.25) is 0 Å². The normalized spacial score (nSPS) is 12.4. The monoisotopic (exact) mass is 276 g/mol. The Hall–Kier alpha value is -1.54. The van der Waals surface area contributed by atoms with E-state index in [9.17, 15) is 22.9 Å². The van der Waals surface area contributed by atoms with Gasteiger partial charge in [0.05, 0.1) is 4.92 Å². The molecule has 0 radical (unpaired) electrons. The SMILES string of the molecule is CC(C)(C)NS(=O)(=O)c1cccc(F)c1[N+](=O)[O-]. The molecule has 0 heterocycles. The lowest BCUT2D eigenvalue weighted by atomic mass is 10.1. The maximum atomic E-state index is 13.3. The van der Waals surface area contributed by atoms with E-state index in [0.717, 1.165) is 18.2 Å². The minimum atomic E-state index is -4.15. The zero-order valence-electron chi connectivity index (χ0n) is 10.1. The number of hydrogen-bond acceptors (Lipinski definition) is 4. The van der Waals surface area contributed by atoms with E-state index in [1.807, 2.05) is 0 Å². The fraction of sp³-hybridized carbons (Fsp3) is 0.400. The summed E-state index contributed by atoms with van der Waals surface area (Å²) in [4.78, 5) is 9.00. The molecule has 1 aromatic rings. The number of nitro benzene ring substituents is 1. The Morgan fingerprint density at radius 3 is 2.33 bits per heavy atom. The quantitative estimate of drug-likeness (QED) is 0.673. The van der Waals surface area contributed by atoms with Crippen molar-refractivity contribution in [2.75, 3.05) is 0 Å². The third-order valence-electron chi connectivity index (χ3n) is 1.86. The lowest BCUT2D eigenvalue weighted by molar-refractivity contribution is -0.390. The third-order valence-corrected chi connectivity index (χ3v) is 3.65. The molecule has 0 aromatic heterocycles. The number of sulfonamides is 1. The number of nitrogens with one attached hydrogen (secondary N) is 1. The maximum absolute atomic E-state index is 13.3. The molecule has 6 nitrogen and oxygen atoms in total. The van der Waals surface area contributed by atoms with E-state index in [1.54, 1.807) is 20.8 Å². The molecule has 0 fully saturated rings. The number of hydrogen-bond donors (Lipinski definition) is 1. The second-order valence-corrected chi connectivity index (χ2v) is 6.35. The van der Waals surface area contributed by atoms with E-state index in [4.69, 9.17) is 0 Å². The molecule has 1 rings (SSSR count). The van der Waals surface area contributed by atoms with E-state index in [2.05, 4.69) is 4.72 Å². The van der Waals surface area contributed by atoms with Crippen LogP contribution in [-0.2, 0) is 10.0 Å². The van der Waals surface area contributed by atoms with Crippen molar-refractivity contribution in [2.45, 2.75) is 31.2 Å². The first-order valence-corrected chi connectivity index (χ1v) is 6.50. The van der Waals surface area contributed by atoms with Gasteiger partial charge in [-0.1, -0.05) is 6.07 Å². The zero-order chi connectivity index (χ0) is 14.1. The second-order valence-electron chi connectivity index (χ2n) is 4.70. The highest BCUT2D eigenvalue weighted by atomic mass is 32.2. The summed E-state index contributed by atoms with van der Waals surface area (Å²) in [5.41, 5.74) is -1.87. The number of rotatable bonds is 3. The highest BCUT2D eigenvalue weighted by Gasteiger charge is 2.31. The van der Waals surface area contributed by atoms with Gasteiger partial charge in [0.1, 0.15) is 0 Å². The molecule has 0 aliphatic rings. The fourth-order valence-electron chi connectivity index (χ4n) is 1.35. The van der Waals surface area contributed by atoms with Crippen LogP contribution in [0.5, 0.6) is 0 Å². The van der Waals surface area contributed by atoms with Crippen LogP contribution in [0.4, 0.5) is 10.1 Å². The van der Waals surface area contributed by atoms with Gasteiger partial charge in [0.15, 0.2) is 4.90 Å². The largest absolute Gasteiger partial charge is 0.324 e. The van der Waals surface area contributed by atoms with Crippen molar-refractivity contribution >= 4 is 15.7 Å². The summed E-state index contributed by atoms with van der Waals surface area (Å²) in [6, 6.07) is 2.95. The van der Waals surface area contributed by atoms with Gasteiger partial charge >= 0.3 is 5.69 Å². The smallest absolute Gasteiger partial charge is 0.258 e. The van der Waals surface area contributed by atoms with Crippen molar-refractivity contribution in [3.63, 3.8) is 0 Å². The number of nitrogens with zero attached hydrogens (tertiary/aromatic N) is 1. The van der Waals surface area contributed by atoms with Crippen LogP contribution in [0.15, 0.2) is 23.1 Å². The van der Waals surface area contributed by atoms with Crippen LogP contribution in [0, 0.1) is 15.9 Å². The van der Waals surface area contributed by atoms with E-state index >= 15 is 0 Å². The first kappa shape index (κ1) is 14.5. The predicted molar refractivity (Wildman–Crippen MR) is 63.1 cm³/mol. The van der Waals surface area contributed by atoms with Gasteiger partial charge in [-0.3, -0.25) is 10.1 Å². The Balaban J connectivity index is 3.43. The number of nitro groups is 1. The predicted octanol–water partition coefficient (Wildman–Crippen LogP) is 1.81. The summed E-state index contributed by atoms with van der Waals surface area (Å²) in [7, 11) is -4.15. The Morgan fingerprint density at radius 2 is 1.89 bits per heavy atom. The summed E-state index contributed by atoms with van der Waals surface area (Å²) in [6.45, 7) is 4.74. The molecule has 0 bridgehead atoms. The topological polar surface area (TPSA) is 89.3 Å². The highest BCUT2D eigenvalue weighted by Crippen LogP contribution is 2.27. The first-order chi connectivity index (χ1) is 8.04. The molecule has 0 atom stereocenters. The summed E-state index contributed by atoms with van der Waals surface area (Å²) in [6.07, 6.45) is 0. The molecular weight excluding hydrogens is 263 g/mol. The molecule has 8 heteroatoms. The van der Waals surface area contributed by atoms with Gasteiger partial charge in [0, 0.05) is 5.54 Å². The van der Waals surface area contributed by atoms with Crippen molar-refractivity contribution in [2.24, 2.45) is 0 Å². The van der Waals surface area contributed by atoms with Crippen LogP contribution in [0.1, 0.15) is 20.8 Å². The van der Waals surface area contributed by atoms with E-state index in [0.29, 0.717) is 0 Å². The number of para-hydroxylation sites is 1. The molecule has 1 aromatic carbocycles. The second kappa shape index (κ2) is 4.62. The Morgan fingerprint density at radius 1 is 1.33 bits per heavy atom. The summed E-state index contributed by atoms with van der Waals surface area (Å²) in [5.74, 6) is -1.18. The molecule has 0 saturated heterocycles. The maximum Gasteiger partial charge on any atom is 0.324 e.